The quantitative estimate of drug-likeness (QED) is 0.832. The summed E-state index contributed by atoms with van der Waals surface area (Å²) in [6.07, 6.45) is 1.95. The van der Waals surface area contributed by atoms with Crippen LogP contribution in [0.2, 0.25) is 0 Å². The molecule has 2 aliphatic heterocycles. The maximum Gasteiger partial charge on any atom is 0.326 e. The number of carbonyl (C=O) groups is 3. The lowest BCUT2D eigenvalue weighted by Crippen LogP contribution is -2.37. The van der Waals surface area contributed by atoms with E-state index in [4.69, 9.17) is 4.74 Å². The van der Waals surface area contributed by atoms with Crippen molar-refractivity contribution in [2.24, 2.45) is 0 Å². The number of rotatable bonds is 4. The molecule has 1 aromatic carbocycles. The summed E-state index contributed by atoms with van der Waals surface area (Å²) >= 11 is 0. The SMILES string of the molecule is CN1C(=O)[C@H](CC(=O)NCc2ccc3c(c2)CCCO3)N(C)C1=O. The maximum atomic E-state index is 12.1. The van der Waals surface area contributed by atoms with Crippen LogP contribution in [-0.2, 0) is 22.6 Å². The average Bonchev–Trinajstić information content (AvgIpc) is 2.77. The number of likely N-dealkylation sites (N-methyl/N-ethyl adjacent to an activating group) is 2. The fourth-order valence-electron chi connectivity index (χ4n) is 3.05. The van der Waals surface area contributed by atoms with E-state index in [1.54, 1.807) is 0 Å². The van der Waals surface area contributed by atoms with Crippen molar-refractivity contribution in [2.45, 2.75) is 31.8 Å². The third-order valence-electron chi connectivity index (χ3n) is 4.51. The third kappa shape index (κ3) is 3.06. The molecule has 0 unspecified atom stereocenters. The van der Waals surface area contributed by atoms with Gasteiger partial charge in [-0.2, -0.15) is 0 Å². The number of amides is 4. The van der Waals surface area contributed by atoms with Crippen LogP contribution >= 0.6 is 0 Å². The first-order valence-electron chi connectivity index (χ1n) is 8.03. The highest BCUT2D eigenvalue weighted by Gasteiger charge is 2.41. The number of nitrogens with one attached hydrogen (secondary N) is 1. The number of imide groups is 1. The van der Waals surface area contributed by atoms with Gasteiger partial charge in [0.2, 0.25) is 5.91 Å². The van der Waals surface area contributed by atoms with E-state index < -0.39 is 6.04 Å². The Kier molecular flexibility index (Phi) is 4.42. The summed E-state index contributed by atoms with van der Waals surface area (Å²) in [5.41, 5.74) is 2.15. The molecular weight excluding hydrogens is 310 g/mol. The smallest absolute Gasteiger partial charge is 0.326 e. The van der Waals surface area contributed by atoms with Crippen LogP contribution in [0.25, 0.3) is 0 Å². The molecule has 1 N–H and O–H groups in total. The normalized spacial score (nSPS) is 20.0. The van der Waals surface area contributed by atoms with Gasteiger partial charge in [-0.3, -0.25) is 14.5 Å². The van der Waals surface area contributed by atoms with E-state index in [2.05, 4.69) is 5.32 Å². The third-order valence-corrected chi connectivity index (χ3v) is 4.51. The molecular formula is C17H21N3O4. The molecule has 0 radical (unpaired) electrons. The predicted molar refractivity (Wildman–Crippen MR) is 86.4 cm³/mol. The Labute approximate surface area is 140 Å². The van der Waals surface area contributed by atoms with Crippen LogP contribution in [0.4, 0.5) is 4.79 Å². The lowest BCUT2D eigenvalue weighted by atomic mass is 10.0. The molecule has 1 aromatic rings. The maximum absolute atomic E-state index is 12.1. The van der Waals surface area contributed by atoms with Crippen LogP contribution in [0, 0.1) is 0 Å². The number of aryl methyl sites for hydroxylation is 1. The Morgan fingerprint density at radius 3 is 2.83 bits per heavy atom. The van der Waals surface area contributed by atoms with Crippen molar-refractivity contribution >= 4 is 17.8 Å². The molecule has 1 atom stereocenters. The van der Waals surface area contributed by atoms with Gasteiger partial charge >= 0.3 is 6.03 Å². The summed E-state index contributed by atoms with van der Waals surface area (Å²) in [7, 11) is 2.96. The van der Waals surface area contributed by atoms with Gasteiger partial charge in [0.25, 0.3) is 5.91 Å². The van der Waals surface area contributed by atoms with Crippen molar-refractivity contribution < 1.29 is 19.1 Å². The molecule has 24 heavy (non-hydrogen) atoms. The number of fused-ring (bicyclic) bond motifs is 1. The highest BCUT2D eigenvalue weighted by atomic mass is 16.5. The van der Waals surface area contributed by atoms with Gasteiger partial charge in [-0.05, 0) is 30.0 Å². The van der Waals surface area contributed by atoms with Crippen molar-refractivity contribution in [3.63, 3.8) is 0 Å². The highest BCUT2D eigenvalue weighted by Crippen LogP contribution is 2.25. The first-order valence-corrected chi connectivity index (χ1v) is 8.03. The number of hydrogen-bond acceptors (Lipinski definition) is 4. The van der Waals surface area contributed by atoms with Gasteiger partial charge in [0, 0.05) is 20.6 Å². The Morgan fingerprint density at radius 1 is 1.33 bits per heavy atom. The molecule has 0 aliphatic carbocycles. The molecule has 1 fully saturated rings. The Morgan fingerprint density at radius 2 is 2.12 bits per heavy atom. The summed E-state index contributed by atoms with van der Waals surface area (Å²) < 4.78 is 5.57. The van der Waals surface area contributed by atoms with E-state index in [0.717, 1.165) is 41.2 Å². The second-order valence-corrected chi connectivity index (χ2v) is 6.18. The zero-order valence-corrected chi connectivity index (χ0v) is 13.9. The number of ether oxygens (including phenoxy) is 1. The van der Waals surface area contributed by atoms with Crippen molar-refractivity contribution in [2.75, 3.05) is 20.7 Å². The van der Waals surface area contributed by atoms with Crippen molar-refractivity contribution in [3.05, 3.63) is 29.3 Å². The van der Waals surface area contributed by atoms with Crippen molar-refractivity contribution in [1.82, 2.24) is 15.1 Å². The molecule has 0 spiro atoms. The van der Waals surface area contributed by atoms with Crippen molar-refractivity contribution in [1.29, 1.82) is 0 Å². The lowest BCUT2D eigenvalue weighted by molar-refractivity contribution is -0.131. The first-order chi connectivity index (χ1) is 11.5. The van der Waals surface area contributed by atoms with Crippen LogP contribution < -0.4 is 10.1 Å². The number of hydrogen-bond donors (Lipinski definition) is 1. The predicted octanol–water partition coefficient (Wildman–Crippen LogP) is 0.910. The topological polar surface area (TPSA) is 79.0 Å². The average molecular weight is 331 g/mol. The molecule has 0 saturated carbocycles. The minimum absolute atomic E-state index is 0.0283. The number of benzene rings is 1. The standard InChI is InChI=1S/C17H21N3O4/c1-19-13(16(22)20(2)17(19)23)9-15(21)18-10-11-5-6-14-12(8-11)4-3-7-24-14/h5-6,8,13H,3-4,7,9-10H2,1-2H3,(H,18,21)/t13-/m0/s1. The fraction of sp³-hybridized carbons (Fsp3) is 0.471. The Balaban J connectivity index is 1.56. The fourth-order valence-corrected chi connectivity index (χ4v) is 3.05. The summed E-state index contributed by atoms with van der Waals surface area (Å²) in [5.74, 6) is 0.317. The van der Waals surface area contributed by atoms with Gasteiger partial charge < -0.3 is 15.0 Å². The van der Waals surface area contributed by atoms with Crippen LogP contribution in [-0.4, -0.2) is 54.4 Å². The summed E-state index contributed by atoms with van der Waals surface area (Å²) in [6, 6.07) is 4.79. The second-order valence-electron chi connectivity index (χ2n) is 6.18. The van der Waals surface area contributed by atoms with Gasteiger partial charge in [-0.25, -0.2) is 4.79 Å². The van der Waals surface area contributed by atoms with Crippen LogP contribution in [0.3, 0.4) is 0 Å². The monoisotopic (exact) mass is 331 g/mol. The Bertz CT molecular complexity index is 688. The zero-order chi connectivity index (χ0) is 17.3. The zero-order valence-electron chi connectivity index (χ0n) is 13.9. The van der Waals surface area contributed by atoms with Crippen LogP contribution in [0.15, 0.2) is 18.2 Å². The molecule has 4 amide bonds. The summed E-state index contributed by atoms with van der Waals surface area (Å²) in [4.78, 5) is 38.1. The van der Waals surface area contributed by atoms with E-state index >= 15 is 0 Å². The summed E-state index contributed by atoms with van der Waals surface area (Å²) in [5, 5.41) is 2.81. The number of carbonyl (C=O) groups excluding carboxylic acids is 3. The molecule has 128 valence electrons. The van der Waals surface area contributed by atoms with E-state index in [0.29, 0.717) is 6.54 Å². The minimum atomic E-state index is -0.723. The number of nitrogens with zero attached hydrogens (tertiary/aromatic N) is 2. The second kappa shape index (κ2) is 6.51. The van der Waals surface area contributed by atoms with E-state index in [9.17, 15) is 14.4 Å². The van der Waals surface area contributed by atoms with E-state index in [1.807, 2.05) is 18.2 Å². The van der Waals surface area contributed by atoms with Gasteiger partial charge in [0.05, 0.1) is 13.0 Å². The highest BCUT2D eigenvalue weighted by molar-refractivity contribution is 6.05. The molecule has 7 heteroatoms. The van der Waals surface area contributed by atoms with E-state index in [-0.39, 0.29) is 24.3 Å². The molecule has 2 aliphatic rings. The lowest BCUT2D eigenvalue weighted by Gasteiger charge is -2.18. The minimum Gasteiger partial charge on any atom is -0.493 e. The molecule has 0 aromatic heterocycles. The molecule has 1 saturated heterocycles. The van der Waals surface area contributed by atoms with Gasteiger partial charge in [-0.1, -0.05) is 12.1 Å². The molecule has 0 bridgehead atoms. The first kappa shape index (κ1) is 16.3. The Hall–Kier alpha value is -2.57. The molecule has 2 heterocycles. The molecule has 7 nitrogen and oxygen atoms in total. The number of urea groups is 1. The van der Waals surface area contributed by atoms with Gasteiger partial charge in [0.15, 0.2) is 0 Å². The summed E-state index contributed by atoms with van der Waals surface area (Å²) in [6.45, 7) is 1.14. The van der Waals surface area contributed by atoms with Gasteiger partial charge in [-0.15, -0.1) is 0 Å². The van der Waals surface area contributed by atoms with Gasteiger partial charge in [0.1, 0.15) is 11.8 Å². The van der Waals surface area contributed by atoms with Crippen molar-refractivity contribution in [3.8, 4) is 5.75 Å². The molecule has 3 rings (SSSR count). The van der Waals surface area contributed by atoms with Crippen LogP contribution in [0.1, 0.15) is 24.0 Å². The van der Waals surface area contributed by atoms with E-state index in [1.165, 1.54) is 19.0 Å². The largest absolute Gasteiger partial charge is 0.493 e. The van der Waals surface area contributed by atoms with Crippen LogP contribution in [0.5, 0.6) is 5.75 Å².